The number of H-pyrrole nitrogens is 1. The monoisotopic (exact) mass is 378 g/mol. The Morgan fingerprint density at radius 2 is 1.89 bits per heavy atom. The van der Waals surface area contributed by atoms with Crippen LogP contribution in [0.15, 0.2) is 42.5 Å². The second-order valence-electron chi connectivity index (χ2n) is 7.29. The van der Waals surface area contributed by atoms with Gasteiger partial charge in [0, 0.05) is 35.1 Å². The van der Waals surface area contributed by atoms with Crippen LogP contribution in [0.1, 0.15) is 35.7 Å². The fourth-order valence-electron chi connectivity index (χ4n) is 4.33. The molecular weight excluding hydrogens is 352 g/mol. The number of carbonyl (C=O) groups excluding carboxylic acids is 1. The number of aromatic nitrogens is 1. The third-order valence-corrected chi connectivity index (χ3v) is 5.69. The first kappa shape index (κ1) is 18.4. The number of ether oxygens (including phenoxy) is 2. The molecule has 1 aliphatic rings. The average molecular weight is 378 g/mol. The molecule has 0 spiro atoms. The van der Waals surface area contributed by atoms with Gasteiger partial charge in [-0.25, -0.2) is 0 Å². The van der Waals surface area contributed by atoms with Crippen molar-refractivity contribution >= 4 is 16.8 Å². The maximum Gasteiger partial charge on any atom is 0.223 e. The highest BCUT2D eigenvalue weighted by atomic mass is 16.5. The molecule has 3 aromatic rings. The SMILES string of the molecule is COc1ccc(CCN2C(=O)CC[C@H]2c2c(C)[nH]c3ccccc23)cc1OC. The number of fused-ring (bicyclic) bond motifs is 1. The molecular formula is C23H26N2O3. The maximum atomic E-state index is 12.6. The number of carbonyl (C=O) groups is 1. The number of hydrogen-bond donors (Lipinski definition) is 1. The zero-order valence-corrected chi connectivity index (χ0v) is 16.6. The number of nitrogens with one attached hydrogen (secondary N) is 1. The van der Waals surface area contributed by atoms with Gasteiger partial charge in [0.1, 0.15) is 0 Å². The number of nitrogens with zero attached hydrogens (tertiary/aromatic N) is 1. The van der Waals surface area contributed by atoms with Gasteiger partial charge >= 0.3 is 0 Å². The Balaban J connectivity index is 1.58. The van der Waals surface area contributed by atoms with E-state index in [1.54, 1.807) is 14.2 Å². The molecule has 4 rings (SSSR count). The Labute approximate surface area is 165 Å². The molecule has 5 heteroatoms. The number of benzene rings is 2. The van der Waals surface area contributed by atoms with Crippen LogP contribution >= 0.6 is 0 Å². The first-order chi connectivity index (χ1) is 13.6. The minimum absolute atomic E-state index is 0.129. The number of rotatable bonds is 6. The summed E-state index contributed by atoms with van der Waals surface area (Å²) in [7, 11) is 3.27. The van der Waals surface area contributed by atoms with Gasteiger partial charge in [-0.1, -0.05) is 24.3 Å². The Hall–Kier alpha value is -2.95. The summed E-state index contributed by atoms with van der Waals surface area (Å²) in [6.07, 6.45) is 2.26. The lowest BCUT2D eigenvalue weighted by Crippen LogP contribution is -2.30. The summed E-state index contributed by atoms with van der Waals surface area (Å²) in [5.74, 6) is 1.67. The fourth-order valence-corrected chi connectivity index (χ4v) is 4.33. The van der Waals surface area contributed by atoms with Crippen LogP contribution in [0.3, 0.4) is 0 Å². The third-order valence-electron chi connectivity index (χ3n) is 5.69. The van der Waals surface area contributed by atoms with Crippen LogP contribution in [0.4, 0.5) is 0 Å². The molecule has 28 heavy (non-hydrogen) atoms. The van der Waals surface area contributed by atoms with Gasteiger partial charge in [-0.05, 0) is 43.5 Å². The van der Waals surface area contributed by atoms with Gasteiger partial charge in [0.15, 0.2) is 11.5 Å². The van der Waals surface area contributed by atoms with Gasteiger partial charge in [0.25, 0.3) is 0 Å². The van der Waals surface area contributed by atoms with Gasteiger partial charge < -0.3 is 19.4 Å². The van der Waals surface area contributed by atoms with Gasteiger partial charge in [-0.3, -0.25) is 4.79 Å². The van der Waals surface area contributed by atoms with Crippen LogP contribution in [0.2, 0.25) is 0 Å². The summed E-state index contributed by atoms with van der Waals surface area (Å²) in [6.45, 7) is 2.79. The lowest BCUT2D eigenvalue weighted by molar-refractivity contribution is -0.129. The number of para-hydroxylation sites is 1. The van der Waals surface area contributed by atoms with Crippen LogP contribution in [0, 0.1) is 6.92 Å². The van der Waals surface area contributed by atoms with Crippen LogP contribution in [-0.2, 0) is 11.2 Å². The number of methoxy groups -OCH3 is 2. The summed E-state index contributed by atoms with van der Waals surface area (Å²) in [5, 5.41) is 1.22. The predicted octanol–water partition coefficient (Wildman–Crippen LogP) is 4.40. The van der Waals surface area contributed by atoms with Crippen molar-refractivity contribution in [1.29, 1.82) is 0 Å². The minimum Gasteiger partial charge on any atom is -0.493 e. The predicted molar refractivity (Wildman–Crippen MR) is 110 cm³/mol. The van der Waals surface area contributed by atoms with E-state index in [9.17, 15) is 4.79 Å². The first-order valence-corrected chi connectivity index (χ1v) is 9.70. The molecule has 1 aromatic heterocycles. The van der Waals surface area contributed by atoms with E-state index in [1.165, 1.54) is 10.9 Å². The van der Waals surface area contributed by atoms with E-state index in [-0.39, 0.29) is 11.9 Å². The highest BCUT2D eigenvalue weighted by Gasteiger charge is 2.34. The van der Waals surface area contributed by atoms with Crippen molar-refractivity contribution in [2.75, 3.05) is 20.8 Å². The van der Waals surface area contributed by atoms with Crippen molar-refractivity contribution in [3.05, 3.63) is 59.3 Å². The normalized spacial score (nSPS) is 16.8. The Bertz CT molecular complexity index is 1010. The van der Waals surface area contributed by atoms with Crippen molar-refractivity contribution < 1.29 is 14.3 Å². The van der Waals surface area contributed by atoms with E-state index in [2.05, 4.69) is 30.1 Å². The van der Waals surface area contributed by atoms with Crippen LogP contribution in [0.5, 0.6) is 11.5 Å². The molecule has 0 unspecified atom stereocenters. The molecule has 0 bridgehead atoms. The summed E-state index contributed by atoms with van der Waals surface area (Å²) in [4.78, 5) is 18.2. The molecule has 0 aliphatic carbocycles. The Morgan fingerprint density at radius 3 is 2.68 bits per heavy atom. The summed E-state index contributed by atoms with van der Waals surface area (Å²) >= 11 is 0. The van der Waals surface area contributed by atoms with Gasteiger partial charge in [-0.2, -0.15) is 0 Å². The second-order valence-corrected chi connectivity index (χ2v) is 7.29. The molecule has 0 saturated carbocycles. The van der Waals surface area contributed by atoms with Crippen LogP contribution in [0.25, 0.3) is 10.9 Å². The molecule has 1 aliphatic heterocycles. The van der Waals surface area contributed by atoms with E-state index in [0.717, 1.165) is 41.1 Å². The fraction of sp³-hybridized carbons (Fsp3) is 0.348. The molecule has 0 radical (unpaired) electrons. The summed E-state index contributed by atoms with van der Waals surface area (Å²) < 4.78 is 10.7. The molecule has 1 amide bonds. The van der Waals surface area contributed by atoms with Gasteiger partial charge in [-0.15, -0.1) is 0 Å². The molecule has 5 nitrogen and oxygen atoms in total. The van der Waals surface area contributed by atoms with E-state index < -0.39 is 0 Å². The maximum absolute atomic E-state index is 12.6. The zero-order valence-electron chi connectivity index (χ0n) is 16.6. The second kappa shape index (κ2) is 7.58. The highest BCUT2D eigenvalue weighted by molar-refractivity contribution is 5.87. The summed E-state index contributed by atoms with van der Waals surface area (Å²) in [5.41, 5.74) is 4.67. The molecule has 1 saturated heterocycles. The minimum atomic E-state index is 0.129. The van der Waals surface area contributed by atoms with Gasteiger partial charge in [0.05, 0.1) is 20.3 Å². The quantitative estimate of drug-likeness (QED) is 0.692. The number of aryl methyl sites for hydroxylation is 1. The van der Waals surface area contributed by atoms with Gasteiger partial charge in [0.2, 0.25) is 5.91 Å². The Morgan fingerprint density at radius 1 is 1.11 bits per heavy atom. The number of aromatic amines is 1. The Kier molecular flexibility index (Phi) is 4.99. The van der Waals surface area contributed by atoms with Crippen LogP contribution in [-0.4, -0.2) is 36.6 Å². The molecule has 1 atom stereocenters. The zero-order chi connectivity index (χ0) is 19.7. The van der Waals surface area contributed by atoms with Crippen molar-refractivity contribution in [2.45, 2.75) is 32.2 Å². The van der Waals surface area contributed by atoms with E-state index in [0.29, 0.717) is 13.0 Å². The first-order valence-electron chi connectivity index (χ1n) is 9.70. The molecule has 1 N–H and O–H groups in total. The van der Waals surface area contributed by atoms with Crippen LogP contribution < -0.4 is 9.47 Å². The molecule has 146 valence electrons. The van der Waals surface area contributed by atoms with Crippen molar-refractivity contribution in [3.8, 4) is 11.5 Å². The lowest BCUT2D eigenvalue weighted by Gasteiger charge is -2.26. The standard InChI is InChI=1S/C23H26N2O3/c1-15-23(17-6-4-5-7-18(17)24-15)19-9-11-22(26)25(19)13-12-16-8-10-20(27-2)21(14-16)28-3/h4-8,10,14,19,24H,9,11-13H2,1-3H3/t19-/m0/s1. The number of likely N-dealkylation sites (tertiary alicyclic amines) is 1. The topological polar surface area (TPSA) is 54.6 Å². The van der Waals surface area contributed by atoms with Crippen molar-refractivity contribution in [1.82, 2.24) is 9.88 Å². The van der Waals surface area contributed by atoms with Crippen molar-refractivity contribution in [3.63, 3.8) is 0 Å². The smallest absolute Gasteiger partial charge is 0.223 e. The number of hydrogen-bond acceptors (Lipinski definition) is 3. The lowest BCUT2D eigenvalue weighted by atomic mass is 10.0. The highest BCUT2D eigenvalue weighted by Crippen LogP contribution is 2.39. The number of amides is 1. The molecule has 1 fully saturated rings. The van der Waals surface area contributed by atoms with E-state index >= 15 is 0 Å². The van der Waals surface area contributed by atoms with E-state index in [4.69, 9.17) is 9.47 Å². The van der Waals surface area contributed by atoms with Crippen molar-refractivity contribution in [2.24, 2.45) is 0 Å². The molecule has 2 aromatic carbocycles. The average Bonchev–Trinajstić information content (AvgIpc) is 3.24. The van der Waals surface area contributed by atoms with E-state index in [1.807, 2.05) is 29.2 Å². The summed E-state index contributed by atoms with van der Waals surface area (Å²) in [6, 6.07) is 14.4. The third kappa shape index (κ3) is 3.21. The molecule has 2 heterocycles. The largest absolute Gasteiger partial charge is 0.493 e.